The molecule has 9 heteroatoms. The van der Waals surface area contributed by atoms with E-state index >= 15 is 0 Å². The number of hydrogen-bond acceptors (Lipinski definition) is 6. The number of benzene rings is 2. The molecule has 38 heavy (non-hydrogen) atoms. The molecule has 0 aliphatic carbocycles. The third kappa shape index (κ3) is 6.34. The summed E-state index contributed by atoms with van der Waals surface area (Å²) >= 11 is 1.57. The Labute approximate surface area is 227 Å². The van der Waals surface area contributed by atoms with E-state index in [2.05, 4.69) is 17.2 Å². The zero-order valence-electron chi connectivity index (χ0n) is 21.9. The average molecular weight is 523 g/mol. The predicted molar refractivity (Wildman–Crippen MR) is 154 cm³/mol. The molecule has 2 aromatic heterocycles. The largest absolute Gasteiger partial charge is 0.321 e. The Balaban J connectivity index is 1.66. The molecule has 2 N–H and O–H groups in total. The van der Waals surface area contributed by atoms with Crippen molar-refractivity contribution in [1.29, 1.82) is 5.41 Å². The Bertz CT molecular complexity index is 1520. The average Bonchev–Trinajstić information content (AvgIpc) is 3.31. The van der Waals surface area contributed by atoms with Gasteiger partial charge in [-0.2, -0.15) is 0 Å². The van der Waals surface area contributed by atoms with Crippen molar-refractivity contribution in [1.82, 2.24) is 19.9 Å². The molecule has 1 amide bonds. The van der Waals surface area contributed by atoms with E-state index in [1.54, 1.807) is 22.0 Å². The molecule has 0 unspecified atom stereocenters. The van der Waals surface area contributed by atoms with E-state index in [0.717, 1.165) is 57.9 Å². The highest BCUT2D eigenvalue weighted by atomic mass is 32.1. The lowest BCUT2D eigenvalue weighted by Crippen LogP contribution is -2.30. The molecule has 0 aliphatic heterocycles. The molecule has 0 spiro atoms. The summed E-state index contributed by atoms with van der Waals surface area (Å²) in [6.45, 7) is 6.38. The maximum atomic E-state index is 13.7. The predicted octanol–water partition coefficient (Wildman–Crippen LogP) is 5.17. The minimum atomic E-state index is -0.777. The summed E-state index contributed by atoms with van der Waals surface area (Å²) in [7, 11) is 5.21. The molecule has 0 saturated heterocycles. The summed E-state index contributed by atoms with van der Waals surface area (Å²) in [6, 6.07) is 15.3. The highest BCUT2D eigenvalue weighted by molar-refractivity contribution is 7.09. The van der Waals surface area contributed by atoms with E-state index in [1.807, 2.05) is 61.7 Å². The molecule has 0 atom stereocenters. The number of aromatic nitrogens is 3. The normalized spacial score (nSPS) is 10.9. The minimum absolute atomic E-state index is 0.0188. The summed E-state index contributed by atoms with van der Waals surface area (Å²) in [6.07, 6.45) is 3.23. The molecule has 0 bridgehead atoms. The zero-order valence-corrected chi connectivity index (χ0v) is 22.7. The van der Waals surface area contributed by atoms with Crippen molar-refractivity contribution in [2.45, 2.75) is 53.0 Å². The molecule has 2 radical (unpaired) electrons. The second-order valence-corrected chi connectivity index (χ2v) is 10.3. The summed E-state index contributed by atoms with van der Waals surface area (Å²) in [5.41, 5.74) is 5.69. The summed E-state index contributed by atoms with van der Waals surface area (Å²) in [5, 5.41) is 13.5. The van der Waals surface area contributed by atoms with Crippen LogP contribution in [0.2, 0.25) is 0 Å². The number of nitrogens with zero attached hydrogens (tertiary/aromatic N) is 3. The van der Waals surface area contributed by atoms with Crippen molar-refractivity contribution in [2.24, 2.45) is 0 Å². The summed E-state index contributed by atoms with van der Waals surface area (Å²) in [4.78, 5) is 34.4. The molecular formula is C29H30BN5O2S. The molecule has 2 aromatic carbocycles. The van der Waals surface area contributed by atoms with Crippen LogP contribution < -0.4 is 10.9 Å². The molecule has 0 saturated carbocycles. The Kier molecular flexibility index (Phi) is 8.68. The standard InChI is InChI=1S/C29H30BN5O2S/c1-4-5-10-26-25(28(36)35(18(2)32-26)16-22-17-38-19(3)33-22)15-20-11-13-21(14-12-20)23-8-6-7-9-24(23)27(31)34-29(30)37/h6-9,11-14,17H,4-5,10,15-16H2,1-3H3,(H2,31,34,37). The van der Waals surface area contributed by atoms with Gasteiger partial charge in [0.2, 0.25) is 7.85 Å². The third-order valence-corrected chi connectivity index (χ3v) is 7.21. The molecule has 7 nitrogen and oxygen atoms in total. The van der Waals surface area contributed by atoms with Gasteiger partial charge >= 0.3 is 0 Å². The van der Waals surface area contributed by atoms with Gasteiger partial charge in [0.25, 0.3) is 5.56 Å². The van der Waals surface area contributed by atoms with Gasteiger partial charge in [-0.3, -0.25) is 19.6 Å². The monoisotopic (exact) mass is 523 g/mol. The van der Waals surface area contributed by atoms with Crippen LogP contribution in [0, 0.1) is 19.3 Å². The van der Waals surface area contributed by atoms with Crippen LogP contribution in [0.25, 0.3) is 11.1 Å². The smallest absolute Gasteiger partial charge is 0.257 e. The van der Waals surface area contributed by atoms with Crippen LogP contribution in [0.4, 0.5) is 4.79 Å². The molecule has 4 aromatic rings. The fraction of sp³-hybridized carbons (Fsp3) is 0.276. The maximum Gasteiger partial charge on any atom is 0.257 e. The first-order chi connectivity index (χ1) is 18.3. The number of nitrogens with one attached hydrogen (secondary N) is 2. The van der Waals surface area contributed by atoms with E-state index in [-0.39, 0.29) is 11.4 Å². The number of hydrogen-bond donors (Lipinski definition) is 2. The number of carbonyl (C=O) groups excluding carboxylic acids is 1. The first-order valence-electron chi connectivity index (χ1n) is 12.6. The number of amidine groups is 1. The molecule has 0 aliphatic rings. The highest BCUT2D eigenvalue weighted by Gasteiger charge is 2.17. The number of thiazole rings is 1. The van der Waals surface area contributed by atoms with Crippen LogP contribution in [0.15, 0.2) is 58.7 Å². The fourth-order valence-electron chi connectivity index (χ4n) is 4.46. The van der Waals surface area contributed by atoms with Crippen molar-refractivity contribution in [2.75, 3.05) is 0 Å². The summed E-state index contributed by atoms with van der Waals surface area (Å²) < 4.78 is 1.72. The molecule has 4 rings (SSSR count). The SMILES string of the molecule is [B]C(=O)NC(=N)c1ccccc1-c1ccc(Cc2c(CCCC)nc(C)n(Cc3csc(C)n3)c2=O)cc1. The van der Waals surface area contributed by atoms with Gasteiger partial charge in [0.15, 0.2) is 5.81 Å². The number of amides is 1. The van der Waals surface area contributed by atoms with Crippen molar-refractivity contribution < 1.29 is 4.79 Å². The third-order valence-electron chi connectivity index (χ3n) is 6.38. The van der Waals surface area contributed by atoms with Crippen LogP contribution in [0.1, 0.15) is 58.7 Å². The van der Waals surface area contributed by atoms with Crippen molar-refractivity contribution >= 4 is 30.8 Å². The summed E-state index contributed by atoms with van der Waals surface area (Å²) in [5.74, 6) is -0.130. The van der Waals surface area contributed by atoms with Gasteiger partial charge in [0, 0.05) is 22.9 Å². The molecule has 2 heterocycles. The van der Waals surface area contributed by atoms with E-state index in [1.165, 1.54) is 0 Å². The Hall–Kier alpha value is -3.85. The number of unbranched alkanes of at least 4 members (excludes halogenated alkanes) is 1. The van der Waals surface area contributed by atoms with Crippen LogP contribution in [0.5, 0.6) is 0 Å². The van der Waals surface area contributed by atoms with Gasteiger partial charge < -0.3 is 5.32 Å². The topological polar surface area (TPSA) is 101 Å². The lowest BCUT2D eigenvalue weighted by atomic mass is 9.95. The Morgan fingerprint density at radius 3 is 2.50 bits per heavy atom. The second-order valence-electron chi connectivity index (χ2n) is 9.22. The van der Waals surface area contributed by atoms with Gasteiger partial charge in [0.1, 0.15) is 11.7 Å². The first-order valence-corrected chi connectivity index (χ1v) is 13.5. The highest BCUT2D eigenvalue weighted by Crippen LogP contribution is 2.25. The zero-order chi connectivity index (χ0) is 27.2. The molecule has 192 valence electrons. The fourth-order valence-corrected chi connectivity index (χ4v) is 5.07. The number of aryl methyl sites for hydroxylation is 3. The van der Waals surface area contributed by atoms with Gasteiger partial charge in [0.05, 0.1) is 22.9 Å². The second kappa shape index (κ2) is 12.1. The Morgan fingerprint density at radius 2 is 1.84 bits per heavy atom. The van der Waals surface area contributed by atoms with E-state index in [0.29, 0.717) is 24.4 Å². The van der Waals surface area contributed by atoms with Gasteiger partial charge in [-0.1, -0.05) is 61.9 Å². The van der Waals surface area contributed by atoms with E-state index in [9.17, 15) is 9.59 Å². The number of carbonyl (C=O) groups is 1. The van der Waals surface area contributed by atoms with Crippen LogP contribution >= 0.6 is 11.3 Å². The van der Waals surface area contributed by atoms with Crippen LogP contribution in [0.3, 0.4) is 0 Å². The lowest BCUT2D eigenvalue weighted by molar-refractivity contribution is 0.263. The van der Waals surface area contributed by atoms with E-state index < -0.39 is 5.81 Å². The number of rotatable bonds is 9. The molecule has 0 fully saturated rings. The maximum absolute atomic E-state index is 13.7. The van der Waals surface area contributed by atoms with Crippen LogP contribution in [-0.2, 0) is 19.4 Å². The lowest BCUT2D eigenvalue weighted by Gasteiger charge is -2.15. The van der Waals surface area contributed by atoms with E-state index in [4.69, 9.17) is 18.2 Å². The molecular weight excluding hydrogens is 493 g/mol. The van der Waals surface area contributed by atoms with Crippen molar-refractivity contribution in [3.05, 3.63) is 103 Å². The quantitative estimate of drug-likeness (QED) is 0.180. The minimum Gasteiger partial charge on any atom is -0.321 e. The van der Waals surface area contributed by atoms with Crippen molar-refractivity contribution in [3.8, 4) is 11.1 Å². The van der Waals surface area contributed by atoms with Gasteiger partial charge in [-0.25, -0.2) is 9.97 Å². The van der Waals surface area contributed by atoms with Gasteiger partial charge in [-0.05, 0) is 43.4 Å². The van der Waals surface area contributed by atoms with Crippen LogP contribution in [-0.4, -0.2) is 34.0 Å². The van der Waals surface area contributed by atoms with Crippen molar-refractivity contribution in [3.63, 3.8) is 0 Å². The van der Waals surface area contributed by atoms with Gasteiger partial charge in [-0.15, -0.1) is 11.3 Å². The first kappa shape index (κ1) is 27.2. The Morgan fingerprint density at radius 1 is 1.11 bits per heavy atom.